The van der Waals surface area contributed by atoms with Crippen LogP contribution in [0.2, 0.25) is 5.02 Å². The Labute approximate surface area is 200 Å². The number of likely N-dealkylation sites (tertiary alicyclic amines) is 1. The van der Waals surface area contributed by atoms with Gasteiger partial charge in [-0.05, 0) is 50.4 Å². The van der Waals surface area contributed by atoms with Crippen molar-refractivity contribution in [2.45, 2.75) is 39.2 Å². The Balaban J connectivity index is 1.55. The van der Waals surface area contributed by atoms with Crippen molar-refractivity contribution in [2.24, 2.45) is 11.0 Å². The largest absolute Gasteiger partial charge is 0.466 e. The molecule has 2 aromatic carbocycles. The zero-order chi connectivity index (χ0) is 23.4. The average Bonchev–Trinajstić information content (AvgIpc) is 3.25. The molecule has 0 spiro atoms. The number of halogens is 1. The number of carbonyl (C=O) groups excluding carboxylic acids is 2. The van der Waals surface area contributed by atoms with E-state index in [4.69, 9.17) is 21.4 Å². The molecule has 0 bridgehead atoms. The van der Waals surface area contributed by atoms with Gasteiger partial charge in [-0.1, -0.05) is 59.6 Å². The fourth-order valence-corrected chi connectivity index (χ4v) is 4.90. The van der Waals surface area contributed by atoms with Crippen LogP contribution in [0.15, 0.2) is 53.6 Å². The topological polar surface area (TPSA) is 62.2 Å². The van der Waals surface area contributed by atoms with Crippen molar-refractivity contribution in [3.63, 3.8) is 0 Å². The molecule has 2 atom stereocenters. The van der Waals surface area contributed by atoms with Gasteiger partial charge in [-0.15, -0.1) is 0 Å². The summed E-state index contributed by atoms with van der Waals surface area (Å²) in [5.74, 6) is -0.451. The number of hydrogen-bond acceptors (Lipinski definition) is 5. The standard InChI is InChI=1S/C26H30ClN3O3/c1-3-33-26(32)20-10-7-13-29(16-20)17-25(31)30-24(21-11-4-5-12-22(21)27)15-23(28-30)19-9-6-8-18(2)14-19/h4-6,8-9,11-12,14,20,24H,3,7,10,13,15-17H2,1-2H3/t20-,24+/m1/s1. The highest BCUT2D eigenvalue weighted by Gasteiger charge is 2.36. The second-order valence-corrected chi connectivity index (χ2v) is 9.13. The van der Waals surface area contributed by atoms with Gasteiger partial charge in [-0.3, -0.25) is 14.5 Å². The third-order valence-corrected chi connectivity index (χ3v) is 6.61. The highest BCUT2D eigenvalue weighted by atomic mass is 35.5. The summed E-state index contributed by atoms with van der Waals surface area (Å²) in [4.78, 5) is 27.7. The first kappa shape index (κ1) is 23.5. The van der Waals surface area contributed by atoms with E-state index in [9.17, 15) is 9.59 Å². The molecule has 0 saturated carbocycles. The van der Waals surface area contributed by atoms with Crippen molar-refractivity contribution in [3.05, 3.63) is 70.2 Å². The van der Waals surface area contributed by atoms with Crippen molar-refractivity contribution in [1.82, 2.24) is 9.91 Å². The summed E-state index contributed by atoms with van der Waals surface area (Å²) in [7, 11) is 0. The molecule has 0 N–H and O–H groups in total. The molecule has 2 aliphatic rings. The summed E-state index contributed by atoms with van der Waals surface area (Å²) in [5.41, 5.74) is 3.93. The minimum Gasteiger partial charge on any atom is -0.466 e. The number of piperidine rings is 1. The Hall–Kier alpha value is -2.70. The minimum atomic E-state index is -0.257. The molecule has 2 aliphatic heterocycles. The molecule has 0 aromatic heterocycles. The SMILES string of the molecule is CCOC(=O)[C@@H]1CCCN(CC(=O)N2N=C(c3cccc(C)c3)C[C@H]2c2ccccc2Cl)C1. The summed E-state index contributed by atoms with van der Waals surface area (Å²) in [5, 5.41) is 6.99. The van der Waals surface area contributed by atoms with Crippen molar-refractivity contribution < 1.29 is 14.3 Å². The van der Waals surface area contributed by atoms with Gasteiger partial charge in [0.1, 0.15) is 0 Å². The van der Waals surface area contributed by atoms with Gasteiger partial charge in [0.25, 0.3) is 5.91 Å². The lowest BCUT2D eigenvalue weighted by Gasteiger charge is -2.32. The quantitative estimate of drug-likeness (QED) is 0.582. The summed E-state index contributed by atoms with van der Waals surface area (Å²) < 4.78 is 5.20. The van der Waals surface area contributed by atoms with Gasteiger partial charge in [0.2, 0.25) is 0 Å². The number of rotatable bonds is 6. The Morgan fingerprint density at radius 1 is 1.18 bits per heavy atom. The summed E-state index contributed by atoms with van der Waals surface area (Å²) in [6.07, 6.45) is 2.26. The fraction of sp³-hybridized carbons (Fsp3) is 0.423. The molecule has 0 unspecified atom stereocenters. The molecular formula is C26H30ClN3O3. The molecule has 33 heavy (non-hydrogen) atoms. The monoisotopic (exact) mass is 467 g/mol. The van der Waals surface area contributed by atoms with Gasteiger partial charge in [0.15, 0.2) is 0 Å². The van der Waals surface area contributed by atoms with Gasteiger partial charge in [0, 0.05) is 18.0 Å². The number of amides is 1. The van der Waals surface area contributed by atoms with Gasteiger partial charge < -0.3 is 4.74 Å². The van der Waals surface area contributed by atoms with Crippen LogP contribution in [-0.4, -0.2) is 53.7 Å². The number of benzene rings is 2. The first-order valence-electron chi connectivity index (χ1n) is 11.6. The average molecular weight is 468 g/mol. The van der Waals surface area contributed by atoms with E-state index in [0.29, 0.717) is 24.6 Å². The molecule has 0 radical (unpaired) electrons. The van der Waals surface area contributed by atoms with E-state index < -0.39 is 0 Å². The predicted molar refractivity (Wildman–Crippen MR) is 129 cm³/mol. The lowest BCUT2D eigenvalue weighted by atomic mass is 9.97. The van der Waals surface area contributed by atoms with Crippen LogP contribution in [-0.2, 0) is 14.3 Å². The first-order valence-corrected chi connectivity index (χ1v) is 11.9. The maximum absolute atomic E-state index is 13.5. The van der Waals surface area contributed by atoms with Gasteiger partial charge >= 0.3 is 5.97 Å². The molecule has 1 fully saturated rings. The second kappa shape index (κ2) is 10.5. The van der Waals surface area contributed by atoms with Crippen LogP contribution in [0.3, 0.4) is 0 Å². The maximum Gasteiger partial charge on any atom is 0.310 e. The van der Waals surface area contributed by atoms with Crippen LogP contribution in [0.5, 0.6) is 0 Å². The molecular weight excluding hydrogens is 438 g/mol. The van der Waals surface area contributed by atoms with Crippen molar-refractivity contribution in [1.29, 1.82) is 0 Å². The summed E-state index contributed by atoms with van der Waals surface area (Å²) >= 11 is 6.52. The first-order chi connectivity index (χ1) is 16.0. The van der Waals surface area contributed by atoms with E-state index in [1.807, 2.05) is 61.2 Å². The fourth-order valence-electron chi connectivity index (χ4n) is 4.64. The number of ether oxygens (including phenoxy) is 1. The number of aryl methyl sites for hydroxylation is 1. The predicted octanol–water partition coefficient (Wildman–Crippen LogP) is 4.60. The van der Waals surface area contributed by atoms with E-state index in [1.165, 1.54) is 0 Å². The van der Waals surface area contributed by atoms with E-state index in [-0.39, 0.29) is 30.4 Å². The van der Waals surface area contributed by atoms with Gasteiger partial charge in [-0.2, -0.15) is 5.10 Å². The van der Waals surface area contributed by atoms with Crippen molar-refractivity contribution in [3.8, 4) is 0 Å². The van der Waals surface area contributed by atoms with Crippen LogP contribution in [0.25, 0.3) is 0 Å². The highest BCUT2D eigenvalue weighted by Crippen LogP contribution is 2.36. The van der Waals surface area contributed by atoms with Crippen LogP contribution in [0, 0.1) is 12.8 Å². The minimum absolute atomic E-state index is 0.0907. The van der Waals surface area contributed by atoms with Gasteiger partial charge in [-0.25, -0.2) is 5.01 Å². The maximum atomic E-state index is 13.5. The Morgan fingerprint density at radius 3 is 2.76 bits per heavy atom. The molecule has 4 rings (SSSR count). The second-order valence-electron chi connectivity index (χ2n) is 8.72. The zero-order valence-corrected chi connectivity index (χ0v) is 19.9. The van der Waals surface area contributed by atoms with E-state index in [0.717, 1.165) is 41.8 Å². The van der Waals surface area contributed by atoms with Crippen molar-refractivity contribution >= 4 is 29.2 Å². The van der Waals surface area contributed by atoms with Crippen LogP contribution in [0.1, 0.15) is 48.9 Å². The van der Waals surface area contributed by atoms with Gasteiger partial charge in [0.05, 0.1) is 30.8 Å². The van der Waals surface area contributed by atoms with Crippen LogP contribution in [0.4, 0.5) is 0 Å². The Morgan fingerprint density at radius 2 is 2.00 bits per heavy atom. The molecule has 6 nitrogen and oxygen atoms in total. The Bertz CT molecular complexity index is 1050. The summed E-state index contributed by atoms with van der Waals surface area (Å²) in [6, 6.07) is 15.5. The van der Waals surface area contributed by atoms with Crippen LogP contribution < -0.4 is 0 Å². The Kier molecular flexibility index (Phi) is 7.46. The number of carbonyl (C=O) groups is 2. The smallest absolute Gasteiger partial charge is 0.310 e. The third kappa shape index (κ3) is 5.45. The molecule has 174 valence electrons. The molecule has 1 amide bonds. The molecule has 2 aromatic rings. The number of hydrogen-bond donors (Lipinski definition) is 0. The van der Waals surface area contributed by atoms with Crippen LogP contribution >= 0.6 is 11.6 Å². The number of hydrazone groups is 1. The summed E-state index contributed by atoms with van der Waals surface area (Å²) in [6.45, 7) is 5.75. The highest BCUT2D eigenvalue weighted by molar-refractivity contribution is 6.31. The number of nitrogens with zero attached hydrogens (tertiary/aromatic N) is 3. The van der Waals surface area contributed by atoms with E-state index in [2.05, 4.69) is 6.07 Å². The third-order valence-electron chi connectivity index (χ3n) is 6.27. The molecule has 7 heteroatoms. The lowest BCUT2D eigenvalue weighted by Crippen LogP contribution is -2.44. The molecule has 2 heterocycles. The van der Waals surface area contributed by atoms with E-state index >= 15 is 0 Å². The lowest BCUT2D eigenvalue weighted by molar-refractivity contribution is -0.150. The number of esters is 1. The van der Waals surface area contributed by atoms with E-state index in [1.54, 1.807) is 5.01 Å². The zero-order valence-electron chi connectivity index (χ0n) is 19.2. The molecule has 1 saturated heterocycles. The molecule has 0 aliphatic carbocycles. The normalized spacial score (nSPS) is 21.1. The van der Waals surface area contributed by atoms with Crippen molar-refractivity contribution in [2.75, 3.05) is 26.2 Å².